The third kappa shape index (κ3) is 6.01. The van der Waals surface area contributed by atoms with Gasteiger partial charge in [0.1, 0.15) is 5.75 Å². The monoisotopic (exact) mass is 358 g/mol. The van der Waals surface area contributed by atoms with Crippen LogP contribution in [0.25, 0.3) is 0 Å². The third-order valence-corrected chi connectivity index (χ3v) is 3.41. The van der Waals surface area contributed by atoms with E-state index in [1.165, 1.54) is 0 Å². The van der Waals surface area contributed by atoms with Gasteiger partial charge < -0.3 is 19.9 Å². The number of hydrogen-bond acceptors (Lipinski definition) is 6. The van der Waals surface area contributed by atoms with Crippen molar-refractivity contribution in [1.82, 2.24) is 0 Å². The highest BCUT2D eigenvalue weighted by atomic mass is 16.7. The fourth-order valence-electron chi connectivity index (χ4n) is 2.13. The van der Waals surface area contributed by atoms with Crippen molar-refractivity contribution in [3.63, 3.8) is 0 Å². The lowest BCUT2D eigenvalue weighted by molar-refractivity contribution is 0.161. The molecule has 0 radical (unpaired) electrons. The van der Waals surface area contributed by atoms with Gasteiger partial charge in [0.05, 0.1) is 26.0 Å². The summed E-state index contributed by atoms with van der Waals surface area (Å²) in [7, 11) is 1.57. The summed E-state index contributed by atoms with van der Waals surface area (Å²) in [5.74, 6) is 1.99. The van der Waals surface area contributed by atoms with Crippen LogP contribution in [0.2, 0.25) is 0 Å². The van der Waals surface area contributed by atoms with Crippen LogP contribution in [-0.4, -0.2) is 32.1 Å². The van der Waals surface area contributed by atoms with E-state index >= 15 is 0 Å². The minimum atomic E-state index is -0.965. The molecule has 26 heavy (non-hydrogen) atoms. The van der Waals surface area contributed by atoms with Gasteiger partial charge in [-0.1, -0.05) is 23.4 Å². The zero-order chi connectivity index (χ0) is 18.8. The molecule has 2 aromatic rings. The molecule has 2 rings (SSSR count). The van der Waals surface area contributed by atoms with Gasteiger partial charge in [-0.15, -0.1) is 0 Å². The Morgan fingerprint density at radius 2 is 1.77 bits per heavy atom. The number of hydrogen-bond donors (Lipinski definition) is 1. The van der Waals surface area contributed by atoms with E-state index in [4.69, 9.17) is 19.9 Å². The molecular formula is C19H22N2O5. The van der Waals surface area contributed by atoms with Crippen molar-refractivity contribution in [2.75, 3.05) is 20.3 Å². The number of benzene rings is 2. The minimum absolute atomic E-state index is 0.459. The second-order valence-corrected chi connectivity index (χ2v) is 5.32. The van der Waals surface area contributed by atoms with Crippen LogP contribution in [0, 0.1) is 0 Å². The van der Waals surface area contributed by atoms with Crippen molar-refractivity contribution in [3.05, 3.63) is 54.1 Å². The Hall–Kier alpha value is -3.22. The average molecular weight is 358 g/mol. The second kappa shape index (κ2) is 9.93. The summed E-state index contributed by atoms with van der Waals surface area (Å²) in [4.78, 5) is 15.1. The lowest BCUT2D eigenvalue weighted by Gasteiger charge is -2.12. The molecule has 7 nitrogen and oxygen atoms in total. The molecule has 138 valence electrons. The van der Waals surface area contributed by atoms with Gasteiger partial charge in [-0.3, -0.25) is 4.84 Å². The predicted octanol–water partition coefficient (Wildman–Crippen LogP) is 3.36. The van der Waals surface area contributed by atoms with E-state index in [0.29, 0.717) is 36.8 Å². The Bertz CT molecular complexity index is 747. The van der Waals surface area contributed by atoms with Gasteiger partial charge in [0.2, 0.25) is 0 Å². The molecule has 0 aromatic heterocycles. The fourth-order valence-corrected chi connectivity index (χ4v) is 2.13. The summed E-state index contributed by atoms with van der Waals surface area (Å²) in [5.41, 5.74) is 6.12. The van der Waals surface area contributed by atoms with Gasteiger partial charge in [0, 0.05) is 12.0 Å². The Morgan fingerprint density at radius 3 is 2.46 bits per heavy atom. The van der Waals surface area contributed by atoms with Gasteiger partial charge in [-0.05, 0) is 37.3 Å². The van der Waals surface area contributed by atoms with Crippen molar-refractivity contribution < 1.29 is 23.8 Å². The summed E-state index contributed by atoms with van der Waals surface area (Å²) >= 11 is 0. The Morgan fingerprint density at radius 1 is 1.04 bits per heavy atom. The van der Waals surface area contributed by atoms with Crippen LogP contribution in [0.15, 0.2) is 53.7 Å². The molecular weight excluding hydrogens is 336 g/mol. The van der Waals surface area contributed by atoms with Gasteiger partial charge >= 0.3 is 6.09 Å². The molecule has 0 heterocycles. The molecule has 0 saturated heterocycles. The summed E-state index contributed by atoms with van der Waals surface area (Å²) in [5, 5.41) is 3.66. The lowest BCUT2D eigenvalue weighted by atomic mass is 10.1. The second-order valence-electron chi connectivity index (χ2n) is 5.32. The molecule has 0 bridgehead atoms. The highest BCUT2D eigenvalue weighted by molar-refractivity contribution is 5.99. The van der Waals surface area contributed by atoms with Gasteiger partial charge in [-0.25, -0.2) is 4.79 Å². The molecule has 0 aliphatic rings. The zero-order valence-electron chi connectivity index (χ0n) is 14.8. The van der Waals surface area contributed by atoms with E-state index in [1.54, 1.807) is 32.2 Å². The summed E-state index contributed by atoms with van der Waals surface area (Å²) in [6, 6.07) is 14.9. The minimum Gasteiger partial charge on any atom is -0.493 e. The number of oxime groups is 1. The fraction of sp³-hybridized carbons (Fsp3) is 0.263. The van der Waals surface area contributed by atoms with E-state index in [0.717, 1.165) is 11.3 Å². The topological polar surface area (TPSA) is 92.4 Å². The lowest BCUT2D eigenvalue weighted by Crippen LogP contribution is -2.11. The van der Waals surface area contributed by atoms with Crippen molar-refractivity contribution in [3.8, 4) is 17.2 Å². The summed E-state index contributed by atoms with van der Waals surface area (Å²) < 4.78 is 16.7. The molecule has 0 aliphatic heterocycles. The number of para-hydroxylation sites is 1. The molecule has 0 aliphatic carbocycles. The van der Waals surface area contributed by atoms with E-state index in [-0.39, 0.29) is 0 Å². The number of methoxy groups -OCH3 is 1. The largest absolute Gasteiger partial charge is 0.493 e. The van der Waals surface area contributed by atoms with E-state index in [2.05, 4.69) is 9.99 Å². The number of primary amides is 1. The van der Waals surface area contributed by atoms with Crippen LogP contribution in [0.4, 0.5) is 4.79 Å². The standard InChI is InChI=1S/C19H22N2O5/c1-14(21-26-19(20)22)15-9-10-17(23-2)18(13-15)25-12-6-11-24-16-7-4-3-5-8-16/h3-5,7-10,13H,6,11-12H2,1-2H3,(H2,20,22)/b21-14+. The maximum absolute atomic E-state index is 10.6. The van der Waals surface area contributed by atoms with Crippen LogP contribution in [0.5, 0.6) is 17.2 Å². The predicted molar refractivity (Wildman–Crippen MR) is 97.9 cm³/mol. The molecule has 1 amide bonds. The summed E-state index contributed by atoms with van der Waals surface area (Å²) in [6.07, 6.45) is -0.257. The highest BCUT2D eigenvalue weighted by Gasteiger charge is 2.08. The van der Waals surface area contributed by atoms with Crippen molar-refractivity contribution >= 4 is 11.8 Å². The molecule has 0 unspecified atom stereocenters. The first-order valence-electron chi connectivity index (χ1n) is 8.10. The Balaban J connectivity index is 1.91. The van der Waals surface area contributed by atoms with Crippen molar-refractivity contribution in [1.29, 1.82) is 0 Å². The number of rotatable bonds is 9. The zero-order valence-corrected chi connectivity index (χ0v) is 14.8. The SMILES string of the molecule is COc1ccc(/C(C)=N/OC(N)=O)cc1OCCCOc1ccccc1. The first-order chi connectivity index (χ1) is 12.6. The normalized spacial score (nSPS) is 10.9. The number of carbonyl (C=O) groups is 1. The number of nitrogens with two attached hydrogens (primary N) is 1. The van der Waals surface area contributed by atoms with Crippen LogP contribution in [0.1, 0.15) is 18.9 Å². The van der Waals surface area contributed by atoms with Crippen LogP contribution in [-0.2, 0) is 4.84 Å². The first kappa shape index (κ1) is 19.1. The molecule has 0 saturated carbocycles. The Labute approximate surface area is 152 Å². The molecule has 7 heteroatoms. The molecule has 2 aromatic carbocycles. The van der Waals surface area contributed by atoms with Crippen molar-refractivity contribution in [2.45, 2.75) is 13.3 Å². The molecule has 2 N–H and O–H groups in total. The molecule has 0 atom stereocenters. The summed E-state index contributed by atoms with van der Waals surface area (Å²) in [6.45, 7) is 2.70. The number of amides is 1. The number of nitrogens with zero attached hydrogens (tertiary/aromatic N) is 1. The number of carbonyl (C=O) groups excluding carboxylic acids is 1. The quantitative estimate of drug-likeness (QED) is 0.321. The average Bonchev–Trinajstić information content (AvgIpc) is 2.66. The number of ether oxygens (including phenoxy) is 3. The highest BCUT2D eigenvalue weighted by Crippen LogP contribution is 2.28. The molecule has 0 spiro atoms. The van der Waals surface area contributed by atoms with Gasteiger partial charge in [0.15, 0.2) is 11.5 Å². The van der Waals surface area contributed by atoms with Crippen LogP contribution >= 0.6 is 0 Å². The van der Waals surface area contributed by atoms with Crippen LogP contribution < -0.4 is 19.9 Å². The molecule has 0 fully saturated rings. The van der Waals surface area contributed by atoms with Gasteiger partial charge in [0.25, 0.3) is 0 Å². The smallest absolute Gasteiger partial charge is 0.430 e. The van der Waals surface area contributed by atoms with E-state index in [1.807, 2.05) is 30.3 Å². The van der Waals surface area contributed by atoms with Gasteiger partial charge in [-0.2, -0.15) is 0 Å². The van der Waals surface area contributed by atoms with E-state index < -0.39 is 6.09 Å². The van der Waals surface area contributed by atoms with Crippen LogP contribution in [0.3, 0.4) is 0 Å². The van der Waals surface area contributed by atoms with Crippen molar-refractivity contribution in [2.24, 2.45) is 10.9 Å². The van der Waals surface area contributed by atoms with E-state index in [9.17, 15) is 4.79 Å². The Kier molecular flexibility index (Phi) is 7.30. The first-order valence-corrected chi connectivity index (χ1v) is 8.10. The maximum Gasteiger partial charge on any atom is 0.430 e. The third-order valence-electron chi connectivity index (χ3n) is 3.41. The maximum atomic E-state index is 10.6.